The van der Waals surface area contributed by atoms with E-state index in [2.05, 4.69) is 5.32 Å². The van der Waals surface area contributed by atoms with Crippen molar-refractivity contribution in [1.82, 2.24) is 5.32 Å². The van der Waals surface area contributed by atoms with E-state index in [0.717, 1.165) is 0 Å². The molecule has 2 fully saturated rings. The lowest BCUT2D eigenvalue weighted by atomic mass is 9.97. The Morgan fingerprint density at radius 2 is 1.54 bits per heavy atom. The second-order valence-corrected chi connectivity index (χ2v) is 6.30. The highest BCUT2D eigenvalue weighted by Crippen LogP contribution is 2.24. The molecule has 0 bridgehead atoms. The third kappa shape index (κ3) is 4.48. The van der Waals surface area contributed by atoms with Crippen molar-refractivity contribution in [1.29, 1.82) is 0 Å². The number of hydrogen-bond acceptors (Lipinski definition) is 11. The van der Waals surface area contributed by atoms with Crippen LogP contribution in [0.2, 0.25) is 0 Å². The summed E-state index contributed by atoms with van der Waals surface area (Å²) in [7, 11) is 0. The predicted octanol–water partition coefficient (Wildman–Crippen LogP) is -5.25. The summed E-state index contributed by atoms with van der Waals surface area (Å²) in [6.07, 6.45) is -13.4. The number of hydrogen-bond donors (Lipinski definition) is 8. The highest BCUT2D eigenvalue weighted by molar-refractivity contribution is 5.73. The molecule has 8 N–H and O–H groups in total. The molecule has 2 aliphatic rings. The largest absolute Gasteiger partial charge is 0.394 e. The summed E-state index contributed by atoms with van der Waals surface area (Å²) in [5.41, 5.74) is 0. The van der Waals surface area contributed by atoms with Gasteiger partial charge in [0.1, 0.15) is 48.8 Å². The van der Waals surface area contributed by atoms with Gasteiger partial charge in [0.2, 0.25) is 5.91 Å². The predicted molar refractivity (Wildman–Crippen MR) is 80.2 cm³/mol. The first-order chi connectivity index (χ1) is 12.2. The minimum absolute atomic E-state index is 0.467. The van der Waals surface area contributed by atoms with Gasteiger partial charge in [0.05, 0.1) is 13.2 Å². The van der Waals surface area contributed by atoms with Crippen molar-refractivity contribution >= 4 is 5.91 Å². The quantitative estimate of drug-likeness (QED) is 0.226. The summed E-state index contributed by atoms with van der Waals surface area (Å²) in [6.45, 7) is 0.0636. The van der Waals surface area contributed by atoms with Crippen molar-refractivity contribution in [2.45, 2.75) is 68.3 Å². The van der Waals surface area contributed by atoms with Crippen molar-refractivity contribution in [2.75, 3.05) is 13.2 Å². The van der Waals surface area contributed by atoms with E-state index >= 15 is 0 Å². The number of amides is 1. The van der Waals surface area contributed by atoms with E-state index in [1.54, 1.807) is 0 Å². The lowest BCUT2D eigenvalue weighted by Crippen LogP contribution is -2.64. The standard InChI is InChI=1S/C14H25NO11/c1-4(17)15-7-10(20)9(19)6(25-13(7)23)3-24-14-12(22)11(21)8(18)5(2-16)26-14/h5-14,16,18-23H,2-3H2,1H3,(H,15,17)/t5-,6-,7+,8+,9-,10-,11+,12-,13+,14-/m1/s1. The van der Waals surface area contributed by atoms with E-state index in [1.165, 1.54) is 6.92 Å². The molecule has 0 aromatic rings. The molecular weight excluding hydrogens is 358 g/mol. The first-order valence-corrected chi connectivity index (χ1v) is 8.06. The van der Waals surface area contributed by atoms with Crippen molar-refractivity contribution < 1.29 is 54.8 Å². The lowest BCUT2D eigenvalue weighted by molar-refractivity contribution is -0.318. The molecule has 2 aliphatic heterocycles. The van der Waals surface area contributed by atoms with Gasteiger partial charge in [-0.1, -0.05) is 0 Å². The topological polar surface area (TPSA) is 198 Å². The molecule has 0 spiro atoms. The van der Waals surface area contributed by atoms with Gasteiger partial charge in [0.15, 0.2) is 12.6 Å². The van der Waals surface area contributed by atoms with Crippen LogP contribution in [0.4, 0.5) is 0 Å². The van der Waals surface area contributed by atoms with Crippen LogP contribution in [0.3, 0.4) is 0 Å². The van der Waals surface area contributed by atoms with Gasteiger partial charge in [-0.05, 0) is 0 Å². The van der Waals surface area contributed by atoms with Gasteiger partial charge in [-0.2, -0.15) is 0 Å². The zero-order chi connectivity index (χ0) is 19.6. The third-order valence-electron chi connectivity index (χ3n) is 4.36. The van der Waals surface area contributed by atoms with Crippen molar-refractivity contribution in [3.8, 4) is 0 Å². The highest BCUT2D eigenvalue weighted by atomic mass is 16.7. The number of rotatable bonds is 5. The molecule has 0 aromatic heterocycles. The summed E-state index contributed by atoms with van der Waals surface area (Å²) in [5.74, 6) is -0.542. The fourth-order valence-electron chi connectivity index (χ4n) is 2.87. The normalized spacial score (nSPS) is 46.8. The molecule has 2 rings (SSSR count). The molecule has 1 amide bonds. The van der Waals surface area contributed by atoms with Gasteiger partial charge in [0, 0.05) is 6.92 Å². The van der Waals surface area contributed by atoms with Crippen LogP contribution in [0.1, 0.15) is 6.92 Å². The van der Waals surface area contributed by atoms with E-state index in [4.69, 9.17) is 19.3 Å². The Bertz CT molecular complexity index is 478. The third-order valence-corrected chi connectivity index (χ3v) is 4.36. The van der Waals surface area contributed by atoms with Crippen molar-refractivity contribution in [3.63, 3.8) is 0 Å². The van der Waals surface area contributed by atoms with Crippen LogP contribution in [0.5, 0.6) is 0 Å². The maximum atomic E-state index is 11.1. The number of carbonyl (C=O) groups excluding carboxylic acids is 1. The van der Waals surface area contributed by atoms with E-state index < -0.39 is 80.5 Å². The minimum atomic E-state index is -1.64. The van der Waals surface area contributed by atoms with Crippen molar-refractivity contribution in [2.24, 2.45) is 0 Å². The van der Waals surface area contributed by atoms with Gasteiger partial charge in [-0.3, -0.25) is 4.79 Å². The fraction of sp³-hybridized carbons (Fsp3) is 0.929. The molecule has 10 atom stereocenters. The lowest BCUT2D eigenvalue weighted by Gasteiger charge is -2.42. The van der Waals surface area contributed by atoms with Gasteiger partial charge < -0.3 is 55.3 Å². The number of nitrogens with one attached hydrogen (secondary N) is 1. The summed E-state index contributed by atoms with van der Waals surface area (Å²) in [4.78, 5) is 11.1. The molecule has 2 saturated heterocycles. The SMILES string of the molecule is CC(=O)N[C@H]1[C@@H](O)[C@H](O)[C@@H](CO[C@@H]2O[C@H](CO)[C@H](O)[C@H](O)[C@H]2O)O[C@@H]1O. The molecule has 2 heterocycles. The highest BCUT2D eigenvalue weighted by Gasteiger charge is 2.47. The number of carbonyl (C=O) groups is 1. The van der Waals surface area contributed by atoms with E-state index in [9.17, 15) is 35.4 Å². The molecule has 0 saturated carbocycles. The first kappa shape index (κ1) is 21.4. The molecule has 12 nitrogen and oxygen atoms in total. The summed E-state index contributed by atoms with van der Waals surface area (Å²) in [5, 5.41) is 70.6. The van der Waals surface area contributed by atoms with Crippen LogP contribution in [0, 0.1) is 0 Å². The Labute approximate surface area is 148 Å². The second kappa shape index (κ2) is 8.84. The van der Waals surface area contributed by atoms with Crippen LogP contribution in [-0.4, -0.2) is 116 Å². The molecule has 26 heavy (non-hydrogen) atoms. The van der Waals surface area contributed by atoms with Crippen LogP contribution >= 0.6 is 0 Å². The monoisotopic (exact) mass is 383 g/mol. The van der Waals surface area contributed by atoms with Gasteiger partial charge >= 0.3 is 0 Å². The molecule has 152 valence electrons. The zero-order valence-corrected chi connectivity index (χ0v) is 14.0. The van der Waals surface area contributed by atoms with E-state index in [0.29, 0.717) is 0 Å². The van der Waals surface area contributed by atoms with Gasteiger partial charge in [-0.15, -0.1) is 0 Å². The summed E-state index contributed by atoms with van der Waals surface area (Å²) < 4.78 is 15.5. The Morgan fingerprint density at radius 3 is 2.12 bits per heavy atom. The molecule has 12 heteroatoms. The summed E-state index contributed by atoms with van der Waals surface area (Å²) >= 11 is 0. The summed E-state index contributed by atoms with van der Waals surface area (Å²) in [6, 6.07) is -1.24. The maximum absolute atomic E-state index is 11.1. The fourth-order valence-corrected chi connectivity index (χ4v) is 2.87. The van der Waals surface area contributed by atoms with Crippen molar-refractivity contribution in [3.05, 3.63) is 0 Å². The maximum Gasteiger partial charge on any atom is 0.217 e. The van der Waals surface area contributed by atoms with Gasteiger partial charge in [0.25, 0.3) is 0 Å². The van der Waals surface area contributed by atoms with Crippen LogP contribution < -0.4 is 5.32 Å². The smallest absolute Gasteiger partial charge is 0.217 e. The Morgan fingerprint density at radius 1 is 0.923 bits per heavy atom. The number of aliphatic hydroxyl groups is 7. The number of aliphatic hydroxyl groups excluding tert-OH is 7. The molecule has 0 radical (unpaired) electrons. The molecular formula is C14H25NO11. The van der Waals surface area contributed by atoms with E-state index in [-0.39, 0.29) is 0 Å². The second-order valence-electron chi connectivity index (χ2n) is 6.30. The van der Waals surface area contributed by atoms with Gasteiger partial charge in [-0.25, -0.2) is 0 Å². The van der Waals surface area contributed by atoms with E-state index in [1.807, 2.05) is 0 Å². The molecule has 0 aromatic carbocycles. The zero-order valence-electron chi connectivity index (χ0n) is 14.0. The first-order valence-electron chi connectivity index (χ1n) is 8.06. The average molecular weight is 383 g/mol. The number of ether oxygens (including phenoxy) is 3. The minimum Gasteiger partial charge on any atom is -0.394 e. The molecule has 0 unspecified atom stereocenters. The Balaban J connectivity index is 1.95. The van der Waals surface area contributed by atoms with Crippen LogP contribution in [0.15, 0.2) is 0 Å². The van der Waals surface area contributed by atoms with Crippen LogP contribution in [-0.2, 0) is 19.0 Å². The van der Waals surface area contributed by atoms with Crippen LogP contribution in [0.25, 0.3) is 0 Å². The Hall–Kier alpha value is -0.930. The molecule has 0 aliphatic carbocycles. The average Bonchev–Trinajstić information content (AvgIpc) is 2.59. The Kier molecular flexibility index (Phi) is 7.27.